The molecule has 7 heterocycles. The molecule has 366 valence electrons. The van der Waals surface area contributed by atoms with E-state index in [0.717, 1.165) is 96.9 Å². The van der Waals surface area contributed by atoms with E-state index in [2.05, 4.69) is 50.7 Å². The summed E-state index contributed by atoms with van der Waals surface area (Å²) in [5.41, 5.74) is 11.9. The summed E-state index contributed by atoms with van der Waals surface area (Å²) in [5, 5.41) is 12.5. The van der Waals surface area contributed by atoms with Crippen LogP contribution in [0, 0.1) is 0 Å². The number of aromatic nitrogens is 4. The van der Waals surface area contributed by atoms with Crippen LogP contribution in [-0.2, 0) is 31.0 Å². The van der Waals surface area contributed by atoms with E-state index in [0.29, 0.717) is 40.0 Å². The topological polar surface area (TPSA) is 230 Å². The quantitative estimate of drug-likeness (QED) is 0.0759. The molecule has 1 saturated carbocycles. The van der Waals surface area contributed by atoms with Crippen molar-refractivity contribution in [3.05, 3.63) is 94.8 Å². The third-order valence-corrected chi connectivity index (χ3v) is 17.4. The molecule has 2 aromatic carbocycles. The summed E-state index contributed by atoms with van der Waals surface area (Å²) in [6, 6.07) is 13.8. The van der Waals surface area contributed by atoms with Gasteiger partial charge in [-0.1, -0.05) is 25.9 Å². The summed E-state index contributed by atoms with van der Waals surface area (Å²) in [6.07, 6.45) is 12.0. The van der Waals surface area contributed by atoms with Crippen LogP contribution < -0.4 is 48.1 Å². The van der Waals surface area contributed by atoms with Crippen LogP contribution in [-0.4, -0.2) is 105 Å². The van der Waals surface area contributed by atoms with Gasteiger partial charge in [-0.25, -0.2) is 0 Å². The number of anilines is 3. The smallest absolute Gasteiger partial charge is 0.359 e. The summed E-state index contributed by atoms with van der Waals surface area (Å²) >= 11 is -0.506. The van der Waals surface area contributed by atoms with Crippen LogP contribution in [0.25, 0.3) is 22.9 Å². The van der Waals surface area contributed by atoms with Gasteiger partial charge in [0.1, 0.15) is 5.76 Å². The van der Waals surface area contributed by atoms with Crippen molar-refractivity contribution in [3.8, 4) is 11.3 Å². The summed E-state index contributed by atoms with van der Waals surface area (Å²) in [4.78, 5) is 91.2. The van der Waals surface area contributed by atoms with Crippen LogP contribution in [0.15, 0.2) is 65.3 Å². The SMILES string of the molecule is CC(C)(C)c1cc(NC(=O)Cc2ccc(-c3nc4n5c(cnc(N)c35)/C=C/CCN([I-][C@@H]3CCN(c5ccc6c(c5)C(=O)N(C5CCC(=O)NC5=O)C6=O)C3)CCC(=O)N[C@@H]3CCC[C@@H]4C3)cc2)no1. The monoisotopic (exact) mass is 1060 g/mol. The molecule has 3 fully saturated rings. The second-order valence-corrected chi connectivity index (χ2v) is 23.6. The predicted molar refractivity (Wildman–Crippen MR) is 257 cm³/mol. The zero-order valence-corrected chi connectivity index (χ0v) is 41.7. The number of amides is 6. The number of alkyl halides is 1. The first-order chi connectivity index (χ1) is 33.7. The van der Waals surface area contributed by atoms with E-state index in [-0.39, 0.29) is 59.6 Å². The van der Waals surface area contributed by atoms with Crippen molar-refractivity contribution in [1.82, 2.24) is 38.2 Å². The third-order valence-electron chi connectivity index (χ3n) is 13.9. The van der Waals surface area contributed by atoms with Crippen molar-refractivity contribution in [1.29, 1.82) is 0 Å². The number of rotatable bonds is 8. The van der Waals surface area contributed by atoms with Gasteiger partial charge >= 0.3 is 331 Å². The molecule has 10 rings (SSSR count). The number of imidazole rings is 1. The summed E-state index contributed by atoms with van der Waals surface area (Å²) in [7, 11) is 0. The molecule has 4 atom stereocenters. The minimum atomic E-state index is -1.01. The first-order valence-electron chi connectivity index (χ1n) is 24.1. The van der Waals surface area contributed by atoms with Gasteiger partial charge in [0.15, 0.2) is 5.82 Å². The van der Waals surface area contributed by atoms with E-state index in [1.165, 1.54) is 0 Å². The Hall–Kier alpha value is -6.48. The molecule has 5 aliphatic rings. The fourth-order valence-electron chi connectivity index (χ4n) is 10.2. The second-order valence-electron chi connectivity index (χ2n) is 19.9. The molecular weight excluding hydrogens is 1010 g/mol. The van der Waals surface area contributed by atoms with Crippen molar-refractivity contribution in [2.45, 2.75) is 112 Å². The predicted octanol–water partition coefficient (Wildman–Crippen LogP) is 2.38. The summed E-state index contributed by atoms with van der Waals surface area (Å²) in [5.74, 6) is 0.178. The molecule has 2 saturated heterocycles. The molecule has 1 unspecified atom stereocenters. The molecule has 6 amide bonds. The summed E-state index contributed by atoms with van der Waals surface area (Å²) < 4.78 is 10.5. The molecule has 3 aromatic heterocycles. The number of nitrogens with one attached hydrogen (secondary N) is 3. The number of benzene rings is 2. The van der Waals surface area contributed by atoms with Gasteiger partial charge in [0, 0.05) is 11.5 Å². The van der Waals surface area contributed by atoms with Crippen LogP contribution in [0.5, 0.6) is 0 Å². The maximum absolute atomic E-state index is 13.7. The number of piperidine rings is 1. The number of carbonyl (C=O) groups excluding carboxylic acids is 6. The van der Waals surface area contributed by atoms with E-state index in [9.17, 15) is 28.8 Å². The Labute approximate surface area is 415 Å². The van der Waals surface area contributed by atoms with E-state index in [4.69, 9.17) is 15.2 Å². The molecule has 19 heteroatoms. The van der Waals surface area contributed by atoms with Crippen molar-refractivity contribution < 1.29 is 54.8 Å². The molecule has 2 bridgehead atoms. The molecule has 1 aliphatic carbocycles. The Balaban J connectivity index is 0.842. The maximum atomic E-state index is 13.7. The first kappa shape index (κ1) is 47.2. The molecule has 0 spiro atoms. The fourth-order valence-corrected chi connectivity index (χ4v) is 13.6. The Kier molecular flexibility index (Phi) is 13.1. The fraction of sp³-hybridized carbons (Fsp3) is 0.431. The van der Waals surface area contributed by atoms with Crippen molar-refractivity contribution in [3.63, 3.8) is 0 Å². The number of halogens is 1. The zero-order chi connectivity index (χ0) is 48.8. The Bertz CT molecular complexity index is 2940. The number of carbonyl (C=O) groups is 6. The van der Waals surface area contributed by atoms with E-state index in [1.807, 2.05) is 57.3 Å². The van der Waals surface area contributed by atoms with Crippen LogP contribution in [0.1, 0.15) is 128 Å². The average molecular weight is 1060 g/mol. The number of nitrogens with zero attached hydrogens (tertiary/aromatic N) is 7. The van der Waals surface area contributed by atoms with Gasteiger partial charge in [0.05, 0.1) is 6.42 Å². The van der Waals surface area contributed by atoms with Gasteiger partial charge in [0.25, 0.3) is 0 Å². The van der Waals surface area contributed by atoms with E-state index >= 15 is 0 Å². The zero-order valence-electron chi connectivity index (χ0n) is 39.5. The first-order valence-corrected chi connectivity index (χ1v) is 26.4. The van der Waals surface area contributed by atoms with Gasteiger partial charge in [-0.2, -0.15) is 0 Å². The van der Waals surface area contributed by atoms with Gasteiger partial charge in [0.2, 0.25) is 5.91 Å². The van der Waals surface area contributed by atoms with Crippen LogP contribution >= 0.6 is 0 Å². The number of hydrogen-bond acceptors (Lipinski definition) is 13. The number of nitrogen functional groups attached to an aromatic ring is 1. The minimum Gasteiger partial charge on any atom is -0.359 e. The number of hydrogen-bond donors (Lipinski definition) is 4. The average Bonchev–Trinajstić information content (AvgIpc) is 4.14. The van der Waals surface area contributed by atoms with Gasteiger partial charge in [-0.3, -0.25) is 9.59 Å². The molecule has 4 aliphatic heterocycles. The molecule has 18 nitrogen and oxygen atoms in total. The third kappa shape index (κ3) is 9.69. The van der Waals surface area contributed by atoms with E-state index in [1.54, 1.807) is 18.2 Å². The molecule has 0 radical (unpaired) electrons. The second kappa shape index (κ2) is 19.4. The number of imide groups is 2. The molecule has 70 heavy (non-hydrogen) atoms. The number of fused-ring (bicyclic) bond motifs is 4. The van der Waals surface area contributed by atoms with Gasteiger partial charge < -0.3 is 9.84 Å². The van der Waals surface area contributed by atoms with Gasteiger partial charge in [-0.15, -0.1) is 0 Å². The van der Waals surface area contributed by atoms with Crippen molar-refractivity contribution >= 4 is 64.4 Å². The normalized spacial score (nSPS) is 23.0. The minimum absolute atomic E-state index is 0.00483. The van der Waals surface area contributed by atoms with E-state index < -0.39 is 51.1 Å². The van der Waals surface area contributed by atoms with Crippen molar-refractivity contribution in [2.75, 3.05) is 42.1 Å². The Morgan fingerprint density at radius 2 is 1.74 bits per heavy atom. The molecule has 5 N–H and O–H groups in total. The standard InChI is InChI=1S/C51H57IN11O7/c1-51(2,3)39-26-40(59-70-39)56-43(66)23-29-10-12-30(13-11-29)44-45-46(53)54-27-35-9-4-5-20-61(22-19-42(65)55-33-8-6-7-31(24-33)47(58-44)62(35)45)52-32-18-21-60(28-32)34-14-15-36-37(25-34)50(69)63(49(36)68)38-16-17-41(64)57-48(38)67/h4,9-15,25-27,31-33,38H,5-8,16-24,28H2,1-3H3,(H2,53,54)(H,55,65)(H,56,59,66)(H,57,64,67)/q-1/b9-4+/t31-,32-,33-,38?/m1/s1. The van der Waals surface area contributed by atoms with Crippen LogP contribution in [0.4, 0.5) is 17.3 Å². The summed E-state index contributed by atoms with van der Waals surface area (Å²) in [6.45, 7) is 9.07. The van der Waals surface area contributed by atoms with Crippen molar-refractivity contribution in [2.24, 2.45) is 0 Å². The number of nitrogens with two attached hydrogens (primary N) is 1. The molecular formula is C51H57IN11O7-. The van der Waals surface area contributed by atoms with Gasteiger partial charge in [-0.05, 0) is 5.56 Å². The molecule has 5 aromatic rings. The Morgan fingerprint density at radius 1 is 0.929 bits per heavy atom. The van der Waals surface area contributed by atoms with Crippen LogP contribution in [0.3, 0.4) is 0 Å². The van der Waals surface area contributed by atoms with Crippen LogP contribution in [0.2, 0.25) is 0 Å². The Morgan fingerprint density at radius 3 is 2.53 bits per heavy atom.